The van der Waals surface area contributed by atoms with E-state index in [2.05, 4.69) is 16.4 Å². The SMILES string of the molecule is CC(O)(c1ccc[nH]1)c1ccsc1-c1cccs1. The average molecular weight is 275 g/mol. The molecule has 3 rings (SSSR count). The summed E-state index contributed by atoms with van der Waals surface area (Å²) < 4.78 is 0. The van der Waals surface area contributed by atoms with E-state index in [1.165, 1.54) is 4.88 Å². The molecule has 1 atom stereocenters. The zero-order chi connectivity index (χ0) is 12.6. The van der Waals surface area contributed by atoms with Crippen LogP contribution in [0.2, 0.25) is 0 Å². The van der Waals surface area contributed by atoms with Gasteiger partial charge in [0, 0.05) is 16.6 Å². The van der Waals surface area contributed by atoms with E-state index >= 15 is 0 Å². The van der Waals surface area contributed by atoms with E-state index in [9.17, 15) is 5.11 Å². The maximum absolute atomic E-state index is 10.8. The molecule has 3 aromatic heterocycles. The molecule has 1 unspecified atom stereocenters. The van der Waals surface area contributed by atoms with Gasteiger partial charge in [-0.3, -0.25) is 0 Å². The summed E-state index contributed by atoms with van der Waals surface area (Å²) >= 11 is 3.37. The van der Waals surface area contributed by atoms with Gasteiger partial charge >= 0.3 is 0 Å². The Kier molecular flexibility index (Phi) is 2.86. The van der Waals surface area contributed by atoms with Crippen molar-refractivity contribution in [1.82, 2.24) is 4.98 Å². The lowest BCUT2D eigenvalue weighted by Crippen LogP contribution is -2.23. The number of aromatic nitrogens is 1. The average Bonchev–Trinajstić information content (AvgIpc) is 3.11. The van der Waals surface area contributed by atoms with Crippen molar-refractivity contribution in [2.75, 3.05) is 0 Å². The Hall–Kier alpha value is -1.36. The highest BCUT2D eigenvalue weighted by Crippen LogP contribution is 2.40. The lowest BCUT2D eigenvalue weighted by atomic mass is 9.93. The van der Waals surface area contributed by atoms with Crippen LogP contribution in [0.25, 0.3) is 9.75 Å². The first-order valence-corrected chi connectivity index (χ1v) is 7.43. The summed E-state index contributed by atoms with van der Waals surface area (Å²) in [5.74, 6) is 0. The Morgan fingerprint density at radius 3 is 2.67 bits per heavy atom. The molecule has 3 heterocycles. The Balaban J connectivity index is 2.11. The highest BCUT2D eigenvalue weighted by Gasteiger charge is 2.30. The second-order valence-electron chi connectivity index (χ2n) is 4.30. The molecule has 92 valence electrons. The summed E-state index contributed by atoms with van der Waals surface area (Å²) in [6.07, 6.45) is 1.83. The number of nitrogens with one attached hydrogen (secondary N) is 1. The normalized spacial score (nSPS) is 14.6. The van der Waals surface area contributed by atoms with Gasteiger partial charge in [-0.25, -0.2) is 0 Å². The number of hydrogen-bond donors (Lipinski definition) is 2. The van der Waals surface area contributed by atoms with Crippen LogP contribution in [-0.2, 0) is 5.60 Å². The molecule has 0 bridgehead atoms. The predicted octanol–water partition coefficient (Wildman–Crippen LogP) is 4.06. The molecule has 0 saturated heterocycles. The zero-order valence-corrected chi connectivity index (χ0v) is 11.5. The third kappa shape index (κ3) is 1.82. The van der Waals surface area contributed by atoms with Gasteiger partial charge in [-0.1, -0.05) is 6.07 Å². The van der Waals surface area contributed by atoms with E-state index in [0.717, 1.165) is 16.1 Å². The first-order chi connectivity index (χ1) is 8.69. The van der Waals surface area contributed by atoms with Crippen molar-refractivity contribution in [2.24, 2.45) is 0 Å². The van der Waals surface area contributed by atoms with E-state index in [0.29, 0.717) is 0 Å². The van der Waals surface area contributed by atoms with Gasteiger partial charge in [0.1, 0.15) is 5.60 Å². The van der Waals surface area contributed by atoms with E-state index in [1.807, 2.05) is 42.8 Å². The first kappa shape index (κ1) is 11.7. The highest BCUT2D eigenvalue weighted by atomic mass is 32.1. The molecule has 0 saturated carbocycles. The van der Waals surface area contributed by atoms with Gasteiger partial charge in [0.2, 0.25) is 0 Å². The molecule has 0 aliphatic rings. The Bertz CT molecular complexity index is 621. The highest BCUT2D eigenvalue weighted by molar-refractivity contribution is 7.20. The molecule has 18 heavy (non-hydrogen) atoms. The molecular formula is C14H13NOS2. The number of hydrogen-bond acceptors (Lipinski definition) is 3. The van der Waals surface area contributed by atoms with Crippen LogP contribution in [0.4, 0.5) is 0 Å². The third-order valence-electron chi connectivity index (χ3n) is 3.06. The van der Waals surface area contributed by atoms with Crippen molar-refractivity contribution in [1.29, 1.82) is 0 Å². The van der Waals surface area contributed by atoms with Gasteiger partial charge in [-0.2, -0.15) is 0 Å². The third-order valence-corrected chi connectivity index (χ3v) is 5.02. The number of H-pyrrole nitrogens is 1. The first-order valence-electron chi connectivity index (χ1n) is 5.67. The van der Waals surface area contributed by atoms with Gasteiger partial charge in [0.05, 0.1) is 10.6 Å². The van der Waals surface area contributed by atoms with Gasteiger partial charge in [-0.05, 0) is 41.9 Å². The Morgan fingerprint density at radius 2 is 2.00 bits per heavy atom. The molecule has 0 aliphatic heterocycles. The zero-order valence-electron chi connectivity index (χ0n) is 9.88. The fourth-order valence-electron chi connectivity index (χ4n) is 2.07. The fourth-order valence-corrected chi connectivity index (χ4v) is 3.95. The Labute approximate surface area is 114 Å². The molecule has 2 nitrogen and oxygen atoms in total. The largest absolute Gasteiger partial charge is 0.379 e. The van der Waals surface area contributed by atoms with Gasteiger partial charge in [0.15, 0.2) is 0 Å². The van der Waals surface area contributed by atoms with E-state index < -0.39 is 5.60 Å². The van der Waals surface area contributed by atoms with Crippen molar-refractivity contribution in [3.63, 3.8) is 0 Å². The van der Waals surface area contributed by atoms with Gasteiger partial charge in [-0.15, -0.1) is 22.7 Å². The van der Waals surface area contributed by atoms with Crippen LogP contribution >= 0.6 is 22.7 Å². The minimum absolute atomic E-state index is 0.818. The number of thiophene rings is 2. The molecule has 2 N–H and O–H groups in total. The molecular weight excluding hydrogens is 262 g/mol. The number of aliphatic hydroxyl groups is 1. The quantitative estimate of drug-likeness (QED) is 0.743. The summed E-state index contributed by atoms with van der Waals surface area (Å²) in [5, 5.41) is 14.9. The summed E-state index contributed by atoms with van der Waals surface area (Å²) in [6.45, 7) is 1.83. The minimum atomic E-state index is -0.983. The van der Waals surface area contributed by atoms with E-state index in [4.69, 9.17) is 0 Å². The van der Waals surface area contributed by atoms with Crippen molar-refractivity contribution in [3.05, 3.63) is 58.5 Å². The smallest absolute Gasteiger partial charge is 0.128 e. The summed E-state index contributed by atoms with van der Waals surface area (Å²) in [5.41, 5.74) is 0.791. The Morgan fingerprint density at radius 1 is 1.11 bits per heavy atom. The summed E-state index contributed by atoms with van der Waals surface area (Å²) in [7, 11) is 0. The van der Waals surface area contributed by atoms with Crippen LogP contribution in [0.5, 0.6) is 0 Å². The minimum Gasteiger partial charge on any atom is -0.379 e. The molecule has 0 aliphatic carbocycles. The summed E-state index contributed by atoms with van der Waals surface area (Å²) in [6, 6.07) is 9.94. The molecule has 3 aromatic rings. The van der Waals surface area contributed by atoms with Crippen molar-refractivity contribution < 1.29 is 5.11 Å². The van der Waals surface area contributed by atoms with Gasteiger partial charge in [0.25, 0.3) is 0 Å². The lowest BCUT2D eigenvalue weighted by molar-refractivity contribution is 0.0990. The molecule has 4 heteroatoms. The van der Waals surface area contributed by atoms with Gasteiger partial charge < -0.3 is 10.1 Å². The molecule has 0 fully saturated rings. The predicted molar refractivity (Wildman–Crippen MR) is 77.1 cm³/mol. The lowest BCUT2D eigenvalue weighted by Gasteiger charge is -2.22. The monoisotopic (exact) mass is 275 g/mol. The van der Waals surface area contributed by atoms with E-state index in [-0.39, 0.29) is 0 Å². The van der Waals surface area contributed by atoms with Crippen molar-refractivity contribution in [3.8, 4) is 9.75 Å². The second-order valence-corrected chi connectivity index (χ2v) is 6.16. The molecule has 0 radical (unpaired) electrons. The number of aromatic amines is 1. The second kappa shape index (κ2) is 4.39. The van der Waals surface area contributed by atoms with Crippen LogP contribution in [-0.4, -0.2) is 10.1 Å². The van der Waals surface area contributed by atoms with Crippen molar-refractivity contribution in [2.45, 2.75) is 12.5 Å². The summed E-state index contributed by atoms with van der Waals surface area (Å²) in [4.78, 5) is 5.44. The maximum Gasteiger partial charge on any atom is 0.128 e. The van der Waals surface area contributed by atoms with Crippen LogP contribution in [0, 0.1) is 0 Å². The van der Waals surface area contributed by atoms with Crippen LogP contribution < -0.4 is 0 Å². The molecule has 0 amide bonds. The molecule has 0 spiro atoms. The van der Waals surface area contributed by atoms with Crippen LogP contribution in [0.3, 0.4) is 0 Å². The topological polar surface area (TPSA) is 36.0 Å². The van der Waals surface area contributed by atoms with E-state index in [1.54, 1.807) is 22.7 Å². The fraction of sp³-hybridized carbons (Fsp3) is 0.143. The van der Waals surface area contributed by atoms with Crippen LogP contribution in [0.15, 0.2) is 47.3 Å². The van der Waals surface area contributed by atoms with Crippen molar-refractivity contribution >= 4 is 22.7 Å². The maximum atomic E-state index is 10.8. The van der Waals surface area contributed by atoms with Crippen LogP contribution in [0.1, 0.15) is 18.2 Å². The molecule has 0 aromatic carbocycles. The standard InChI is InChI=1S/C14H13NOS2/c1-14(16,12-5-2-7-15-12)10-6-9-18-13(10)11-4-3-8-17-11/h2-9,15-16H,1H3. The number of rotatable bonds is 3.